The summed E-state index contributed by atoms with van der Waals surface area (Å²) in [5.74, 6) is -1.56. The number of hydrazine groups is 1. The van der Waals surface area contributed by atoms with Gasteiger partial charge in [0, 0.05) is 48.1 Å². The number of piperidine rings is 1. The number of rotatable bonds is 15. The summed E-state index contributed by atoms with van der Waals surface area (Å²) >= 11 is 6.21. The van der Waals surface area contributed by atoms with E-state index in [9.17, 15) is 32.7 Å². The summed E-state index contributed by atoms with van der Waals surface area (Å²) in [6.45, 7) is 0.770. The van der Waals surface area contributed by atoms with Crippen LogP contribution in [0.4, 0.5) is 4.79 Å². The number of benzene rings is 1. The van der Waals surface area contributed by atoms with Crippen LogP contribution >= 0.6 is 11.6 Å². The van der Waals surface area contributed by atoms with Gasteiger partial charge in [-0.05, 0) is 101 Å². The molecule has 1 aromatic carbocycles. The molecule has 5 N–H and O–H groups in total. The van der Waals surface area contributed by atoms with E-state index in [1.807, 2.05) is 24.3 Å². The maximum atomic E-state index is 13.8. The molecule has 3 aliphatic carbocycles. The van der Waals surface area contributed by atoms with Crippen molar-refractivity contribution in [1.29, 1.82) is 0 Å². The number of halogens is 1. The number of sulfonamides is 1. The third-order valence-corrected chi connectivity index (χ3v) is 13.6. The van der Waals surface area contributed by atoms with Crippen LogP contribution in [0.25, 0.3) is 0 Å². The van der Waals surface area contributed by atoms with Crippen molar-refractivity contribution in [3.05, 3.63) is 34.9 Å². The number of carbonyl (C=O) groups excluding carboxylic acids is 4. The Morgan fingerprint density at radius 2 is 1.81 bits per heavy atom. The second kappa shape index (κ2) is 17.9. The molecule has 0 aromatic heterocycles. The van der Waals surface area contributed by atoms with Gasteiger partial charge in [0.25, 0.3) is 5.91 Å². The predicted molar refractivity (Wildman–Crippen MR) is 202 cm³/mol. The van der Waals surface area contributed by atoms with Crippen LogP contribution in [-0.4, -0.2) is 109 Å². The third kappa shape index (κ3) is 11.3. The van der Waals surface area contributed by atoms with E-state index in [0.717, 1.165) is 76.2 Å². The first-order valence-corrected chi connectivity index (χ1v) is 22.0. The van der Waals surface area contributed by atoms with Gasteiger partial charge >= 0.3 is 6.09 Å². The first-order valence-electron chi connectivity index (χ1n) is 19.8. The first kappa shape index (κ1) is 40.7. The molecule has 5 aliphatic rings. The summed E-state index contributed by atoms with van der Waals surface area (Å²) in [6, 6.07) is 6.61. The molecule has 54 heavy (non-hydrogen) atoms. The summed E-state index contributed by atoms with van der Waals surface area (Å²) in [5.41, 5.74) is 3.34. The van der Waals surface area contributed by atoms with E-state index in [4.69, 9.17) is 16.3 Å². The summed E-state index contributed by atoms with van der Waals surface area (Å²) in [4.78, 5) is 53.6. The van der Waals surface area contributed by atoms with Gasteiger partial charge < -0.3 is 25.8 Å². The van der Waals surface area contributed by atoms with E-state index in [2.05, 4.69) is 21.4 Å². The second-order valence-electron chi connectivity index (χ2n) is 16.4. The van der Waals surface area contributed by atoms with Gasteiger partial charge in [0.15, 0.2) is 6.10 Å². The molecule has 0 radical (unpaired) electrons. The molecule has 1 aromatic rings. The van der Waals surface area contributed by atoms with Gasteiger partial charge in [-0.25, -0.2) is 22.5 Å². The van der Waals surface area contributed by atoms with Crippen LogP contribution < -0.4 is 21.4 Å². The highest BCUT2D eigenvalue weighted by molar-refractivity contribution is 7.88. The lowest BCUT2D eigenvalue weighted by molar-refractivity contribution is -0.134. The quantitative estimate of drug-likeness (QED) is 0.167. The fraction of sp³-hybridized carbons (Fsp3) is 0.737. The van der Waals surface area contributed by atoms with E-state index in [1.54, 1.807) is 5.01 Å². The minimum absolute atomic E-state index is 0.0160. The summed E-state index contributed by atoms with van der Waals surface area (Å²) in [7, 11) is -3.35. The fourth-order valence-electron chi connectivity index (χ4n) is 8.92. The highest BCUT2D eigenvalue weighted by atomic mass is 35.5. The molecule has 2 heterocycles. The van der Waals surface area contributed by atoms with Gasteiger partial charge in [-0.2, -0.15) is 0 Å². The number of nitrogens with zero attached hydrogens (tertiary/aromatic N) is 2. The summed E-state index contributed by atoms with van der Waals surface area (Å²) in [5, 5.41) is 22.3. The van der Waals surface area contributed by atoms with Gasteiger partial charge in [0.05, 0.1) is 18.8 Å². The molecule has 4 amide bonds. The molecule has 300 valence electrons. The Bertz CT molecular complexity index is 1610. The zero-order valence-electron chi connectivity index (χ0n) is 31.3. The molecule has 0 bridgehead atoms. The third-order valence-electron chi connectivity index (χ3n) is 12.0. The van der Waals surface area contributed by atoms with Crippen LogP contribution in [0.15, 0.2) is 24.3 Å². The normalized spacial score (nSPS) is 25.9. The van der Waals surface area contributed by atoms with Crippen LogP contribution in [0.1, 0.15) is 95.5 Å². The Balaban J connectivity index is 1.10. The van der Waals surface area contributed by atoms with Crippen LogP contribution in [0.5, 0.6) is 0 Å². The maximum absolute atomic E-state index is 13.8. The number of aliphatic hydroxyl groups excluding tert-OH is 1. The van der Waals surface area contributed by atoms with Crippen molar-refractivity contribution < 1.29 is 37.4 Å². The van der Waals surface area contributed by atoms with Gasteiger partial charge in [0.1, 0.15) is 6.10 Å². The predicted octanol–water partition coefficient (Wildman–Crippen LogP) is 3.02. The van der Waals surface area contributed by atoms with Crippen molar-refractivity contribution in [1.82, 2.24) is 30.7 Å². The van der Waals surface area contributed by atoms with Crippen molar-refractivity contribution in [2.75, 3.05) is 32.4 Å². The minimum atomic E-state index is -3.35. The highest BCUT2D eigenvalue weighted by Crippen LogP contribution is 2.37. The number of carbonyl (C=O) groups is 4. The lowest BCUT2D eigenvalue weighted by Gasteiger charge is -2.38. The summed E-state index contributed by atoms with van der Waals surface area (Å²) < 4.78 is 31.6. The second-order valence-corrected chi connectivity index (χ2v) is 18.9. The van der Waals surface area contributed by atoms with Crippen molar-refractivity contribution in [2.24, 2.45) is 17.8 Å². The van der Waals surface area contributed by atoms with Crippen LogP contribution in [0.3, 0.4) is 0 Å². The van der Waals surface area contributed by atoms with Gasteiger partial charge in [-0.1, -0.05) is 43.0 Å². The standard InChI is InChI=1S/C38H57ClN6O8S/c1-54(51,52)45-17-15-38(16-18-45)22-28(35(48)42-38)21-31(34(47)36(49)40-30-13-14-30)41-33(46)24-44(23-25-7-3-2-4-8-25)43-37(50)53-32-12-6-10-27(32)19-26-9-5-11-29(39)20-26/h5,9,11,20,25,27-28,30-32,34,47H,2-4,6-8,10,12-19,21-24H2,1H3,(H,40,49)(H,41,46)(H,42,48)(H,43,50). The van der Waals surface area contributed by atoms with Gasteiger partial charge in [0.2, 0.25) is 21.8 Å². The van der Waals surface area contributed by atoms with E-state index < -0.39 is 51.5 Å². The Kier molecular flexibility index (Phi) is 13.5. The Morgan fingerprint density at radius 3 is 2.50 bits per heavy atom. The average Bonchev–Trinajstić information content (AvgIpc) is 3.75. The number of ether oxygens (including phenoxy) is 1. The summed E-state index contributed by atoms with van der Waals surface area (Å²) in [6.07, 6.45) is 10.2. The largest absolute Gasteiger partial charge is 0.445 e. The monoisotopic (exact) mass is 792 g/mol. The Morgan fingerprint density at radius 1 is 1.07 bits per heavy atom. The molecule has 2 saturated heterocycles. The number of aliphatic hydroxyl groups is 1. The number of hydrogen-bond donors (Lipinski definition) is 5. The minimum Gasteiger partial charge on any atom is -0.445 e. The van der Waals surface area contributed by atoms with E-state index >= 15 is 0 Å². The van der Waals surface area contributed by atoms with Gasteiger partial charge in [-0.3, -0.25) is 19.8 Å². The molecular formula is C38H57ClN6O8S. The molecule has 16 heteroatoms. The molecule has 5 fully saturated rings. The van der Waals surface area contributed by atoms with E-state index in [-0.39, 0.29) is 55.9 Å². The SMILES string of the molecule is CS(=O)(=O)N1CCC2(CC1)CC(CC(NC(=O)CN(CC1CCCCC1)NC(=O)OC1CCCC1Cc1cccc(Cl)c1)C(O)C(=O)NC1CC1)C(=O)N2. The lowest BCUT2D eigenvalue weighted by atomic mass is 9.82. The molecule has 5 atom stereocenters. The zero-order valence-corrected chi connectivity index (χ0v) is 32.8. The fourth-order valence-corrected chi connectivity index (χ4v) is 9.98. The zero-order chi connectivity index (χ0) is 38.5. The van der Waals surface area contributed by atoms with Crippen molar-refractivity contribution in [3.8, 4) is 0 Å². The lowest BCUT2D eigenvalue weighted by Crippen LogP contribution is -2.56. The van der Waals surface area contributed by atoms with E-state index in [1.165, 1.54) is 10.6 Å². The Hall–Kier alpha value is -2.98. The van der Waals surface area contributed by atoms with Gasteiger partial charge in [-0.15, -0.1) is 0 Å². The maximum Gasteiger partial charge on any atom is 0.422 e. The van der Waals surface area contributed by atoms with E-state index in [0.29, 0.717) is 30.8 Å². The smallest absolute Gasteiger partial charge is 0.422 e. The van der Waals surface area contributed by atoms with Crippen LogP contribution in [-0.2, 0) is 35.6 Å². The average molecular weight is 793 g/mol. The molecule has 14 nitrogen and oxygen atoms in total. The molecule has 6 rings (SSSR count). The number of hydrogen-bond acceptors (Lipinski definition) is 9. The molecule has 2 aliphatic heterocycles. The van der Waals surface area contributed by atoms with Crippen molar-refractivity contribution in [3.63, 3.8) is 0 Å². The van der Waals surface area contributed by atoms with Crippen LogP contribution in [0, 0.1) is 17.8 Å². The molecule has 1 spiro atoms. The number of amides is 4. The topological polar surface area (TPSA) is 186 Å². The molecule has 3 saturated carbocycles. The molecular weight excluding hydrogens is 736 g/mol. The van der Waals surface area contributed by atoms with Crippen molar-refractivity contribution >= 4 is 45.4 Å². The highest BCUT2D eigenvalue weighted by Gasteiger charge is 2.48. The molecule has 5 unspecified atom stereocenters. The first-order chi connectivity index (χ1) is 25.7. The van der Waals surface area contributed by atoms with Crippen LogP contribution in [0.2, 0.25) is 5.02 Å². The Labute approximate surface area is 323 Å². The van der Waals surface area contributed by atoms with Crippen molar-refractivity contribution in [2.45, 2.75) is 126 Å². The number of nitrogens with one attached hydrogen (secondary N) is 4.